The molecule has 5 rings (SSSR count). The van der Waals surface area contributed by atoms with Gasteiger partial charge in [0, 0.05) is 29.8 Å². The zero-order valence-corrected chi connectivity index (χ0v) is 18.7. The second kappa shape index (κ2) is 8.37. The summed E-state index contributed by atoms with van der Waals surface area (Å²) >= 11 is 0. The number of amides is 3. The number of carbonyl (C=O) groups is 3. The molecule has 1 aromatic heterocycles. The quantitative estimate of drug-likeness (QED) is 0.587. The van der Waals surface area contributed by atoms with E-state index in [1.54, 1.807) is 25.3 Å². The Kier molecular flexibility index (Phi) is 5.38. The fraction of sp³-hybridized carbons (Fsp3) is 0.320. The molecule has 0 saturated carbocycles. The summed E-state index contributed by atoms with van der Waals surface area (Å²) in [5.41, 5.74) is 3.63. The molecule has 0 radical (unpaired) electrons. The Balaban J connectivity index is 1.19. The van der Waals surface area contributed by atoms with Gasteiger partial charge in [-0.15, -0.1) is 0 Å². The number of hydrogen-bond acceptors (Lipinski definition) is 5. The van der Waals surface area contributed by atoms with Gasteiger partial charge in [0.05, 0.1) is 24.8 Å². The van der Waals surface area contributed by atoms with Crippen LogP contribution in [0.4, 0.5) is 5.69 Å². The summed E-state index contributed by atoms with van der Waals surface area (Å²) in [7, 11) is 3.13. The number of piperidine rings is 1. The van der Waals surface area contributed by atoms with E-state index >= 15 is 0 Å². The Morgan fingerprint density at radius 1 is 1.09 bits per heavy atom. The maximum atomic E-state index is 12.6. The molecular weight excluding hydrogens is 420 g/mol. The van der Waals surface area contributed by atoms with Crippen LogP contribution in [0.1, 0.15) is 45.0 Å². The second-order valence-corrected chi connectivity index (χ2v) is 8.68. The van der Waals surface area contributed by atoms with Gasteiger partial charge in [-0.2, -0.15) is 0 Å². The molecule has 8 nitrogen and oxygen atoms in total. The minimum atomic E-state index is -0.344. The molecule has 3 amide bonds. The number of benzene rings is 2. The van der Waals surface area contributed by atoms with Crippen molar-refractivity contribution < 1.29 is 19.1 Å². The van der Waals surface area contributed by atoms with E-state index in [0.29, 0.717) is 22.7 Å². The van der Waals surface area contributed by atoms with Gasteiger partial charge in [0.1, 0.15) is 5.75 Å². The van der Waals surface area contributed by atoms with Crippen molar-refractivity contribution in [3.05, 3.63) is 59.3 Å². The van der Waals surface area contributed by atoms with Crippen LogP contribution >= 0.6 is 0 Å². The lowest BCUT2D eigenvalue weighted by atomic mass is 9.89. The van der Waals surface area contributed by atoms with Crippen molar-refractivity contribution in [3.8, 4) is 5.75 Å². The third-order valence-electron chi connectivity index (χ3n) is 6.69. The first-order valence-corrected chi connectivity index (χ1v) is 11.1. The van der Waals surface area contributed by atoms with Crippen molar-refractivity contribution in [1.82, 2.24) is 14.8 Å². The fourth-order valence-corrected chi connectivity index (χ4v) is 4.83. The van der Waals surface area contributed by atoms with E-state index in [4.69, 9.17) is 4.74 Å². The molecule has 8 heteroatoms. The minimum absolute atomic E-state index is 0.129. The van der Waals surface area contributed by atoms with E-state index in [-0.39, 0.29) is 24.3 Å². The second-order valence-electron chi connectivity index (χ2n) is 8.68. The van der Waals surface area contributed by atoms with Crippen LogP contribution in [-0.2, 0) is 4.79 Å². The predicted octanol–water partition coefficient (Wildman–Crippen LogP) is 3.22. The molecular formula is C25H26N4O4. The Morgan fingerprint density at radius 3 is 2.61 bits per heavy atom. The zero-order chi connectivity index (χ0) is 23.1. The van der Waals surface area contributed by atoms with E-state index in [1.807, 2.05) is 12.1 Å². The van der Waals surface area contributed by atoms with Gasteiger partial charge in [-0.05, 0) is 73.8 Å². The predicted molar refractivity (Wildman–Crippen MR) is 125 cm³/mol. The van der Waals surface area contributed by atoms with Gasteiger partial charge in [-0.3, -0.25) is 24.2 Å². The van der Waals surface area contributed by atoms with E-state index in [9.17, 15) is 14.4 Å². The number of ether oxygens (including phenoxy) is 1. The number of carbonyl (C=O) groups excluding carboxylic acids is 3. The number of imide groups is 1. The lowest BCUT2D eigenvalue weighted by Crippen LogP contribution is -2.38. The average Bonchev–Trinajstić information content (AvgIpc) is 3.34. The summed E-state index contributed by atoms with van der Waals surface area (Å²) in [6.07, 6.45) is 4.03. The number of likely N-dealkylation sites (tertiary alicyclic amines) is 1. The Bertz CT molecular complexity index is 1260. The zero-order valence-electron chi connectivity index (χ0n) is 18.7. The van der Waals surface area contributed by atoms with Crippen molar-refractivity contribution in [2.45, 2.75) is 18.8 Å². The Morgan fingerprint density at radius 2 is 1.85 bits per heavy atom. The largest absolute Gasteiger partial charge is 0.497 e. The van der Waals surface area contributed by atoms with Crippen molar-refractivity contribution in [3.63, 3.8) is 0 Å². The number of hydrogen-bond donors (Lipinski definition) is 2. The van der Waals surface area contributed by atoms with Gasteiger partial charge in [0.15, 0.2) is 0 Å². The summed E-state index contributed by atoms with van der Waals surface area (Å²) in [4.78, 5) is 43.4. The molecule has 170 valence electrons. The summed E-state index contributed by atoms with van der Waals surface area (Å²) in [5, 5.41) is 4.06. The molecule has 0 atom stereocenters. The third kappa shape index (κ3) is 3.87. The number of methoxy groups -OCH3 is 1. The molecule has 0 bridgehead atoms. The van der Waals surface area contributed by atoms with Crippen LogP contribution in [0.15, 0.2) is 42.6 Å². The molecule has 2 aliphatic heterocycles. The normalized spacial score (nSPS) is 17.0. The first-order chi connectivity index (χ1) is 15.9. The molecule has 1 saturated heterocycles. The highest BCUT2D eigenvalue weighted by Gasteiger charge is 2.33. The maximum absolute atomic E-state index is 12.6. The van der Waals surface area contributed by atoms with E-state index in [2.05, 4.69) is 27.5 Å². The van der Waals surface area contributed by atoms with Crippen LogP contribution < -0.4 is 10.1 Å². The Labute approximate surface area is 191 Å². The molecule has 2 aliphatic rings. The summed E-state index contributed by atoms with van der Waals surface area (Å²) < 4.78 is 5.38. The number of nitrogens with one attached hydrogen (secondary N) is 2. The van der Waals surface area contributed by atoms with Gasteiger partial charge in [-0.25, -0.2) is 0 Å². The van der Waals surface area contributed by atoms with Crippen LogP contribution in [0.2, 0.25) is 0 Å². The van der Waals surface area contributed by atoms with Gasteiger partial charge < -0.3 is 15.0 Å². The maximum Gasteiger partial charge on any atom is 0.261 e. The van der Waals surface area contributed by atoms with E-state index < -0.39 is 0 Å². The smallest absolute Gasteiger partial charge is 0.261 e. The van der Waals surface area contributed by atoms with E-state index in [1.165, 1.54) is 18.0 Å². The lowest BCUT2D eigenvalue weighted by molar-refractivity contribution is -0.117. The van der Waals surface area contributed by atoms with Crippen LogP contribution in [0.3, 0.4) is 0 Å². The molecule has 2 aromatic carbocycles. The highest BCUT2D eigenvalue weighted by Crippen LogP contribution is 2.34. The van der Waals surface area contributed by atoms with Gasteiger partial charge in [0.2, 0.25) is 5.91 Å². The van der Waals surface area contributed by atoms with Crippen molar-refractivity contribution >= 4 is 34.3 Å². The molecule has 0 aliphatic carbocycles. The van der Waals surface area contributed by atoms with Gasteiger partial charge in [-0.1, -0.05) is 0 Å². The number of nitrogens with zero attached hydrogens (tertiary/aromatic N) is 2. The topological polar surface area (TPSA) is 94.7 Å². The molecule has 3 aromatic rings. The molecule has 33 heavy (non-hydrogen) atoms. The molecule has 2 N–H and O–H groups in total. The first kappa shape index (κ1) is 21.2. The van der Waals surface area contributed by atoms with Crippen LogP contribution in [-0.4, -0.2) is 66.3 Å². The van der Waals surface area contributed by atoms with Crippen molar-refractivity contribution in [2.24, 2.45) is 0 Å². The number of anilines is 1. The highest BCUT2D eigenvalue weighted by atomic mass is 16.5. The number of fused-ring (bicyclic) bond motifs is 2. The SMILES string of the molecule is COc1ccc2[nH]cc(C3CCN(CC(=O)Nc4ccc5c(c4)C(=O)N(C)C5=O)CC3)c2c1. The van der Waals surface area contributed by atoms with Gasteiger partial charge in [0.25, 0.3) is 11.8 Å². The molecule has 1 fully saturated rings. The summed E-state index contributed by atoms with van der Waals surface area (Å²) in [6.45, 7) is 1.95. The monoisotopic (exact) mass is 446 g/mol. The van der Waals surface area contributed by atoms with Crippen LogP contribution in [0, 0.1) is 0 Å². The van der Waals surface area contributed by atoms with Crippen molar-refractivity contribution in [2.75, 3.05) is 39.1 Å². The Hall–Kier alpha value is -3.65. The average molecular weight is 447 g/mol. The lowest BCUT2D eigenvalue weighted by Gasteiger charge is -2.31. The minimum Gasteiger partial charge on any atom is -0.497 e. The fourth-order valence-electron chi connectivity index (χ4n) is 4.83. The first-order valence-electron chi connectivity index (χ1n) is 11.1. The van der Waals surface area contributed by atoms with E-state index in [0.717, 1.165) is 42.1 Å². The third-order valence-corrected chi connectivity index (χ3v) is 6.69. The summed E-state index contributed by atoms with van der Waals surface area (Å²) in [6, 6.07) is 10.9. The number of aromatic nitrogens is 1. The molecule has 3 heterocycles. The van der Waals surface area contributed by atoms with Crippen LogP contribution in [0.25, 0.3) is 10.9 Å². The molecule has 0 spiro atoms. The highest BCUT2D eigenvalue weighted by molar-refractivity contribution is 6.21. The van der Waals surface area contributed by atoms with Crippen LogP contribution in [0.5, 0.6) is 5.75 Å². The van der Waals surface area contributed by atoms with Crippen molar-refractivity contribution in [1.29, 1.82) is 0 Å². The summed E-state index contributed by atoms with van der Waals surface area (Å²) in [5.74, 6) is 0.493. The number of aromatic amines is 1. The molecule has 0 unspecified atom stereocenters. The standard InChI is InChI=1S/C25H26N4O4/c1-28-24(31)18-5-3-16(11-20(18)25(28)32)27-23(30)14-29-9-7-15(8-10-29)21-13-26-22-6-4-17(33-2)12-19(21)22/h3-6,11-13,15,26H,7-10,14H2,1-2H3,(H,27,30). The number of rotatable bonds is 5. The number of H-pyrrole nitrogens is 1. The van der Waals surface area contributed by atoms with Gasteiger partial charge >= 0.3 is 0 Å².